The molecule has 0 aliphatic carbocycles. The highest BCUT2D eigenvalue weighted by Gasteiger charge is 2.22. The maximum absolute atomic E-state index is 11.9. The van der Waals surface area contributed by atoms with Crippen LogP contribution >= 0.6 is 34.5 Å². The van der Waals surface area contributed by atoms with E-state index < -0.39 is 0 Å². The quantitative estimate of drug-likeness (QED) is 0.865. The van der Waals surface area contributed by atoms with Crippen LogP contribution in [0.15, 0.2) is 6.07 Å². The molecule has 1 fully saturated rings. The molecule has 1 amide bonds. The molecule has 1 aliphatic heterocycles. The Morgan fingerprint density at radius 2 is 2.35 bits per heavy atom. The number of carbonyl (C=O) groups is 1. The number of halogens is 2. The van der Waals surface area contributed by atoms with Crippen molar-refractivity contribution in [3.8, 4) is 0 Å². The van der Waals surface area contributed by atoms with Crippen LogP contribution in [0, 0.1) is 5.92 Å². The van der Waals surface area contributed by atoms with E-state index in [2.05, 4.69) is 17.6 Å². The summed E-state index contributed by atoms with van der Waals surface area (Å²) in [4.78, 5) is 11.9. The maximum atomic E-state index is 11.9. The topological polar surface area (TPSA) is 41.1 Å². The molecule has 1 aromatic heterocycles. The molecule has 6 heteroatoms. The van der Waals surface area contributed by atoms with Crippen molar-refractivity contribution in [2.24, 2.45) is 5.92 Å². The molecule has 3 nitrogen and oxygen atoms in total. The van der Waals surface area contributed by atoms with Gasteiger partial charge in [0.15, 0.2) is 0 Å². The highest BCUT2D eigenvalue weighted by atomic mass is 35.5. The largest absolute Gasteiger partial charge is 0.353 e. The first-order valence-electron chi connectivity index (χ1n) is 7.00. The Bertz CT molecular complexity index is 464. The number of amides is 1. The first kappa shape index (κ1) is 16.1. The summed E-state index contributed by atoms with van der Waals surface area (Å²) in [6.45, 7) is 4.14. The molecule has 1 aromatic rings. The molecule has 2 unspecified atom stereocenters. The van der Waals surface area contributed by atoms with E-state index in [1.54, 1.807) is 0 Å². The average Bonchev–Trinajstić information content (AvgIpc) is 2.71. The molecule has 2 N–H and O–H groups in total. The van der Waals surface area contributed by atoms with Crippen molar-refractivity contribution in [3.63, 3.8) is 0 Å². The Kier molecular flexibility index (Phi) is 6.15. The summed E-state index contributed by atoms with van der Waals surface area (Å²) in [7, 11) is 0. The van der Waals surface area contributed by atoms with Crippen LogP contribution in [0.2, 0.25) is 8.67 Å². The third-order valence-corrected chi connectivity index (χ3v) is 5.28. The summed E-state index contributed by atoms with van der Waals surface area (Å²) in [5, 5.41) is 6.47. The molecule has 1 saturated heterocycles. The second-order valence-corrected chi connectivity index (χ2v) is 7.63. The van der Waals surface area contributed by atoms with Gasteiger partial charge in [-0.1, -0.05) is 30.1 Å². The number of piperidine rings is 1. The van der Waals surface area contributed by atoms with Gasteiger partial charge < -0.3 is 10.6 Å². The Morgan fingerprint density at radius 1 is 1.55 bits per heavy atom. The third kappa shape index (κ3) is 4.62. The smallest absolute Gasteiger partial charge is 0.220 e. The molecular formula is C14H20Cl2N2OS. The van der Waals surface area contributed by atoms with Crippen molar-refractivity contribution in [1.82, 2.24) is 10.6 Å². The number of rotatable bonds is 5. The standard InChI is InChI=1S/C14H20Cl2N2OS/c1-9-8-17-6-5-11(9)18-13(19)4-2-3-10-7-12(15)20-14(10)16/h7,9,11,17H,2-6,8H2,1H3,(H,18,19). The fraction of sp³-hybridized carbons (Fsp3) is 0.643. The number of hydrogen-bond donors (Lipinski definition) is 2. The van der Waals surface area contributed by atoms with Crippen LogP contribution in [0.1, 0.15) is 31.7 Å². The van der Waals surface area contributed by atoms with Gasteiger partial charge in [0.05, 0.1) is 8.67 Å². The second kappa shape index (κ2) is 7.64. The number of thiophene rings is 1. The van der Waals surface area contributed by atoms with E-state index in [9.17, 15) is 4.79 Å². The lowest BCUT2D eigenvalue weighted by atomic mass is 9.95. The highest BCUT2D eigenvalue weighted by molar-refractivity contribution is 7.20. The van der Waals surface area contributed by atoms with Gasteiger partial charge in [-0.3, -0.25) is 4.79 Å². The monoisotopic (exact) mass is 334 g/mol. The number of hydrogen-bond acceptors (Lipinski definition) is 3. The van der Waals surface area contributed by atoms with Crippen LogP contribution in [0.4, 0.5) is 0 Å². The van der Waals surface area contributed by atoms with Gasteiger partial charge in [-0.15, -0.1) is 11.3 Å². The zero-order valence-electron chi connectivity index (χ0n) is 11.5. The van der Waals surface area contributed by atoms with Crippen molar-refractivity contribution in [3.05, 3.63) is 20.3 Å². The van der Waals surface area contributed by atoms with E-state index in [1.807, 2.05) is 6.07 Å². The van der Waals surface area contributed by atoms with Gasteiger partial charge in [0.25, 0.3) is 0 Å². The minimum atomic E-state index is 0.140. The first-order valence-corrected chi connectivity index (χ1v) is 8.57. The van der Waals surface area contributed by atoms with Gasteiger partial charge in [-0.05, 0) is 49.9 Å². The summed E-state index contributed by atoms with van der Waals surface area (Å²) in [5.41, 5.74) is 1.05. The van der Waals surface area contributed by atoms with Crippen molar-refractivity contribution in [2.75, 3.05) is 13.1 Å². The van der Waals surface area contributed by atoms with Gasteiger partial charge in [0, 0.05) is 12.5 Å². The van der Waals surface area contributed by atoms with Crippen molar-refractivity contribution in [2.45, 2.75) is 38.6 Å². The Balaban J connectivity index is 1.71. The van der Waals surface area contributed by atoms with Crippen molar-refractivity contribution >= 4 is 40.4 Å². The van der Waals surface area contributed by atoms with Crippen LogP contribution in [0.3, 0.4) is 0 Å². The lowest BCUT2D eigenvalue weighted by Crippen LogP contribution is -2.48. The molecule has 20 heavy (non-hydrogen) atoms. The predicted molar refractivity (Wildman–Crippen MR) is 85.9 cm³/mol. The van der Waals surface area contributed by atoms with Gasteiger partial charge in [-0.2, -0.15) is 0 Å². The van der Waals surface area contributed by atoms with E-state index in [4.69, 9.17) is 23.2 Å². The Hall–Kier alpha value is -0.290. The predicted octanol–water partition coefficient (Wildman–Crippen LogP) is 3.49. The summed E-state index contributed by atoms with van der Waals surface area (Å²) >= 11 is 13.3. The van der Waals surface area contributed by atoms with Crippen LogP contribution in [0.25, 0.3) is 0 Å². The van der Waals surface area contributed by atoms with Crippen LogP contribution in [0.5, 0.6) is 0 Å². The zero-order valence-corrected chi connectivity index (χ0v) is 13.9. The highest BCUT2D eigenvalue weighted by Crippen LogP contribution is 2.32. The number of aryl methyl sites for hydroxylation is 1. The number of carbonyl (C=O) groups excluding carboxylic acids is 1. The minimum Gasteiger partial charge on any atom is -0.353 e. The van der Waals surface area contributed by atoms with Gasteiger partial charge in [0.2, 0.25) is 5.91 Å². The molecule has 0 saturated carbocycles. The summed E-state index contributed by atoms with van der Waals surface area (Å²) < 4.78 is 1.44. The van der Waals surface area contributed by atoms with E-state index >= 15 is 0 Å². The van der Waals surface area contributed by atoms with Crippen molar-refractivity contribution < 1.29 is 4.79 Å². The molecule has 1 aliphatic rings. The summed E-state index contributed by atoms with van der Waals surface area (Å²) in [6, 6.07) is 2.20. The Labute approximate surface area is 134 Å². The third-order valence-electron chi connectivity index (χ3n) is 3.71. The molecule has 2 rings (SSSR count). The SMILES string of the molecule is CC1CNCCC1NC(=O)CCCc1cc(Cl)sc1Cl. The van der Waals surface area contributed by atoms with Crippen LogP contribution in [-0.2, 0) is 11.2 Å². The zero-order chi connectivity index (χ0) is 14.5. The Morgan fingerprint density at radius 3 is 3.00 bits per heavy atom. The van der Waals surface area contributed by atoms with Crippen molar-refractivity contribution in [1.29, 1.82) is 0 Å². The number of nitrogens with one attached hydrogen (secondary N) is 2. The maximum Gasteiger partial charge on any atom is 0.220 e. The molecule has 2 atom stereocenters. The van der Waals surface area contributed by atoms with E-state index in [0.717, 1.165) is 42.3 Å². The molecule has 112 valence electrons. The summed E-state index contributed by atoms with van der Waals surface area (Å²) in [6.07, 6.45) is 3.16. The van der Waals surface area contributed by atoms with Gasteiger partial charge >= 0.3 is 0 Å². The van der Waals surface area contributed by atoms with E-state index in [-0.39, 0.29) is 5.91 Å². The van der Waals surface area contributed by atoms with Crippen LogP contribution < -0.4 is 10.6 Å². The van der Waals surface area contributed by atoms with Gasteiger partial charge in [-0.25, -0.2) is 0 Å². The molecular weight excluding hydrogens is 315 g/mol. The van der Waals surface area contributed by atoms with E-state index in [0.29, 0.717) is 22.7 Å². The fourth-order valence-corrected chi connectivity index (χ4v) is 4.04. The summed E-state index contributed by atoms with van der Waals surface area (Å²) in [5.74, 6) is 0.638. The fourth-order valence-electron chi connectivity index (χ4n) is 2.49. The van der Waals surface area contributed by atoms with Crippen LogP contribution in [-0.4, -0.2) is 25.0 Å². The first-order chi connectivity index (χ1) is 9.56. The lowest BCUT2D eigenvalue weighted by molar-refractivity contribution is -0.122. The average molecular weight is 335 g/mol. The second-order valence-electron chi connectivity index (χ2n) is 5.35. The molecule has 0 aromatic carbocycles. The molecule has 2 heterocycles. The lowest BCUT2D eigenvalue weighted by Gasteiger charge is -2.30. The van der Waals surface area contributed by atoms with E-state index in [1.165, 1.54) is 11.3 Å². The molecule has 0 bridgehead atoms. The minimum absolute atomic E-state index is 0.140. The van der Waals surface area contributed by atoms with Gasteiger partial charge in [0.1, 0.15) is 0 Å². The molecule has 0 spiro atoms. The normalized spacial score (nSPS) is 22.8. The molecule has 0 radical (unpaired) electrons.